The van der Waals surface area contributed by atoms with Crippen molar-refractivity contribution >= 4 is 16.9 Å². The molecule has 1 saturated carbocycles. The first-order valence-corrected chi connectivity index (χ1v) is 4.81. The molecule has 2 nitrogen and oxygen atoms in total. The van der Waals surface area contributed by atoms with Crippen LogP contribution in [0.2, 0.25) is 0 Å². The van der Waals surface area contributed by atoms with Crippen LogP contribution in [0, 0.1) is 5.92 Å². The minimum atomic E-state index is 0.584. The van der Waals surface area contributed by atoms with Crippen molar-refractivity contribution in [1.82, 2.24) is 0 Å². The second kappa shape index (κ2) is 2.46. The van der Waals surface area contributed by atoms with Gasteiger partial charge in [-0.3, -0.25) is 4.99 Å². The Hall–Kier alpha value is -0.180. The average Bonchev–Trinajstić information content (AvgIpc) is 2.33. The molecule has 56 valence electrons. The smallest absolute Gasteiger partial charge is 0.154 e. The summed E-state index contributed by atoms with van der Waals surface area (Å²) < 4.78 is 0. The van der Waals surface area contributed by atoms with E-state index >= 15 is 0 Å². The van der Waals surface area contributed by atoms with Crippen molar-refractivity contribution in [3.63, 3.8) is 0 Å². The van der Waals surface area contributed by atoms with Gasteiger partial charge in [0.15, 0.2) is 5.17 Å². The molecule has 0 amide bonds. The normalized spacial score (nSPS) is 39.0. The predicted octanol–water partition coefficient (Wildman–Crippen LogP) is 1.22. The number of amidine groups is 1. The molecular weight excluding hydrogens is 144 g/mol. The van der Waals surface area contributed by atoms with Gasteiger partial charge in [-0.2, -0.15) is 0 Å². The highest BCUT2D eigenvalue weighted by Crippen LogP contribution is 2.34. The lowest BCUT2D eigenvalue weighted by Gasteiger charge is -2.20. The molecule has 0 bridgehead atoms. The number of nitrogens with two attached hydrogens (primary N) is 1. The number of hydrogen-bond donors (Lipinski definition) is 1. The van der Waals surface area contributed by atoms with Crippen LogP contribution in [-0.2, 0) is 0 Å². The van der Waals surface area contributed by atoms with Crippen LogP contribution in [-0.4, -0.2) is 17.0 Å². The Morgan fingerprint density at radius 1 is 1.50 bits per heavy atom. The van der Waals surface area contributed by atoms with Gasteiger partial charge in [-0.25, -0.2) is 0 Å². The molecule has 1 aliphatic heterocycles. The third-order valence-electron chi connectivity index (χ3n) is 2.36. The Morgan fingerprint density at radius 3 is 3.30 bits per heavy atom. The third kappa shape index (κ3) is 1.03. The topological polar surface area (TPSA) is 38.4 Å². The van der Waals surface area contributed by atoms with E-state index in [-0.39, 0.29) is 0 Å². The summed E-state index contributed by atoms with van der Waals surface area (Å²) in [6.45, 7) is 0. The van der Waals surface area contributed by atoms with Gasteiger partial charge in [-0.1, -0.05) is 18.2 Å². The van der Waals surface area contributed by atoms with Crippen molar-refractivity contribution in [2.75, 3.05) is 5.75 Å². The Bertz CT molecular complexity index is 167. The maximum atomic E-state index is 5.60. The minimum Gasteiger partial charge on any atom is -0.379 e. The molecule has 0 radical (unpaired) electrons. The van der Waals surface area contributed by atoms with E-state index in [1.807, 2.05) is 0 Å². The van der Waals surface area contributed by atoms with E-state index in [0.29, 0.717) is 6.04 Å². The second-order valence-corrected chi connectivity index (χ2v) is 4.08. The molecule has 0 aromatic rings. The summed E-state index contributed by atoms with van der Waals surface area (Å²) in [4.78, 5) is 4.40. The molecular formula is C7H12N2S. The summed E-state index contributed by atoms with van der Waals surface area (Å²) in [5.41, 5.74) is 5.60. The van der Waals surface area contributed by atoms with Gasteiger partial charge in [-0.15, -0.1) is 0 Å². The molecule has 2 rings (SSSR count). The first-order chi connectivity index (χ1) is 4.86. The number of rotatable bonds is 0. The number of nitrogens with zero attached hydrogens (tertiary/aromatic N) is 1. The molecule has 3 heteroatoms. The molecule has 0 spiro atoms. The van der Waals surface area contributed by atoms with Crippen LogP contribution >= 0.6 is 11.8 Å². The molecule has 10 heavy (non-hydrogen) atoms. The van der Waals surface area contributed by atoms with Crippen LogP contribution in [0.5, 0.6) is 0 Å². The van der Waals surface area contributed by atoms with E-state index in [1.54, 1.807) is 11.8 Å². The highest BCUT2D eigenvalue weighted by molar-refractivity contribution is 8.13. The summed E-state index contributed by atoms with van der Waals surface area (Å²) in [6.07, 6.45) is 3.99. The molecule has 2 N–H and O–H groups in total. The van der Waals surface area contributed by atoms with Crippen molar-refractivity contribution in [1.29, 1.82) is 0 Å². The molecule has 2 aliphatic rings. The second-order valence-electron chi connectivity index (χ2n) is 3.04. The summed E-state index contributed by atoms with van der Waals surface area (Å²) in [6, 6.07) is 0.584. The van der Waals surface area contributed by atoms with E-state index in [4.69, 9.17) is 5.73 Å². The molecule has 2 atom stereocenters. The lowest BCUT2D eigenvalue weighted by atomic mass is 10.1. The predicted molar refractivity (Wildman–Crippen MR) is 45.2 cm³/mol. The van der Waals surface area contributed by atoms with Crippen LogP contribution in [0.25, 0.3) is 0 Å². The maximum Gasteiger partial charge on any atom is 0.154 e. The lowest BCUT2D eigenvalue weighted by Crippen LogP contribution is -2.25. The fourth-order valence-electron chi connectivity index (χ4n) is 1.77. The first kappa shape index (κ1) is 6.53. The third-order valence-corrected chi connectivity index (χ3v) is 3.35. The van der Waals surface area contributed by atoms with Gasteiger partial charge >= 0.3 is 0 Å². The number of hydrogen-bond acceptors (Lipinski definition) is 3. The van der Waals surface area contributed by atoms with Crippen molar-refractivity contribution in [2.24, 2.45) is 16.6 Å². The van der Waals surface area contributed by atoms with Crippen LogP contribution in [0.1, 0.15) is 19.3 Å². The van der Waals surface area contributed by atoms with Gasteiger partial charge in [0, 0.05) is 5.75 Å². The van der Waals surface area contributed by atoms with E-state index in [2.05, 4.69) is 4.99 Å². The molecule has 1 unspecified atom stereocenters. The van der Waals surface area contributed by atoms with Gasteiger partial charge in [-0.05, 0) is 18.8 Å². The molecule has 1 heterocycles. The largest absolute Gasteiger partial charge is 0.379 e. The quantitative estimate of drug-likeness (QED) is 0.572. The maximum absolute atomic E-state index is 5.60. The Morgan fingerprint density at radius 2 is 2.40 bits per heavy atom. The molecule has 0 aromatic carbocycles. The SMILES string of the molecule is NC1=NC2CCC[C@H]2CS1. The van der Waals surface area contributed by atoms with Crippen molar-refractivity contribution in [2.45, 2.75) is 25.3 Å². The fraction of sp³-hybridized carbons (Fsp3) is 0.857. The van der Waals surface area contributed by atoms with Crippen LogP contribution in [0.4, 0.5) is 0 Å². The monoisotopic (exact) mass is 156 g/mol. The number of aliphatic imine (C=N–C) groups is 1. The summed E-state index contributed by atoms with van der Waals surface area (Å²) in [5.74, 6) is 2.05. The summed E-state index contributed by atoms with van der Waals surface area (Å²) in [7, 11) is 0. The minimum absolute atomic E-state index is 0.584. The Balaban J connectivity index is 2.13. The standard InChI is InChI=1S/C7H12N2S/c8-7-9-6-3-1-2-5(6)4-10-7/h5-6H,1-4H2,(H2,8,9)/t5-,6?/m0/s1. The highest BCUT2D eigenvalue weighted by Gasteiger charge is 2.29. The Kier molecular flexibility index (Phi) is 1.60. The van der Waals surface area contributed by atoms with Gasteiger partial charge in [0.2, 0.25) is 0 Å². The van der Waals surface area contributed by atoms with E-state index < -0.39 is 0 Å². The summed E-state index contributed by atoms with van der Waals surface area (Å²) >= 11 is 1.72. The highest BCUT2D eigenvalue weighted by atomic mass is 32.2. The van der Waals surface area contributed by atoms with Gasteiger partial charge < -0.3 is 5.73 Å². The van der Waals surface area contributed by atoms with Crippen LogP contribution in [0.3, 0.4) is 0 Å². The van der Waals surface area contributed by atoms with Crippen molar-refractivity contribution in [3.8, 4) is 0 Å². The van der Waals surface area contributed by atoms with Gasteiger partial charge in [0.05, 0.1) is 6.04 Å². The average molecular weight is 156 g/mol. The van der Waals surface area contributed by atoms with Crippen LogP contribution in [0.15, 0.2) is 4.99 Å². The zero-order chi connectivity index (χ0) is 6.97. The van der Waals surface area contributed by atoms with Gasteiger partial charge in [0.1, 0.15) is 0 Å². The van der Waals surface area contributed by atoms with Crippen molar-refractivity contribution < 1.29 is 0 Å². The molecule has 0 aromatic heterocycles. The van der Waals surface area contributed by atoms with E-state index in [1.165, 1.54) is 25.0 Å². The van der Waals surface area contributed by atoms with E-state index in [9.17, 15) is 0 Å². The molecule has 1 fully saturated rings. The number of thioether (sulfide) groups is 1. The zero-order valence-electron chi connectivity index (χ0n) is 5.92. The van der Waals surface area contributed by atoms with Crippen LogP contribution < -0.4 is 5.73 Å². The van der Waals surface area contributed by atoms with Crippen molar-refractivity contribution in [3.05, 3.63) is 0 Å². The molecule has 0 saturated heterocycles. The first-order valence-electron chi connectivity index (χ1n) is 3.82. The Labute approximate surface area is 65.3 Å². The van der Waals surface area contributed by atoms with Gasteiger partial charge in [0.25, 0.3) is 0 Å². The lowest BCUT2D eigenvalue weighted by molar-refractivity contribution is 0.535. The fourth-order valence-corrected chi connectivity index (χ4v) is 2.76. The summed E-state index contributed by atoms with van der Waals surface area (Å²) in [5, 5.41) is 0.808. The number of fused-ring (bicyclic) bond motifs is 1. The van der Waals surface area contributed by atoms with E-state index in [0.717, 1.165) is 11.1 Å². The molecule has 1 aliphatic carbocycles. The zero-order valence-corrected chi connectivity index (χ0v) is 6.73.